The maximum Gasteiger partial charge on any atom is 0.0551 e. The monoisotopic (exact) mass is 289 g/mol. The van der Waals surface area contributed by atoms with Crippen molar-refractivity contribution in [3.63, 3.8) is 0 Å². The van der Waals surface area contributed by atoms with Gasteiger partial charge in [-0.2, -0.15) is 0 Å². The van der Waals surface area contributed by atoms with Crippen molar-refractivity contribution in [2.45, 2.75) is 33.4 Å². The lowest BCUT2D eigenvalue weighted by molar-refractivity contribution is 0.426. The van der Waals surface area contributed by atoms with E-state index in [1.165, 1.54) is 5.56 Å². The molecule has 1 aromatic rings. The van der Waals surface area contributed by atoms with Crippen molar-refractivity contribution in [2.24, 2.45) is 5.92 Å². The van der Waals surface area contributed by atoms with Gasteiger partial charge in [0, 0.05) is 17.1 Å². The molecule has 0 fully saturated rings. The van der Waals surface area contributed by atoms with Gasteiger partial charge >= 0.3 is 0 Å². The normalized spacial score (nSPS) is 13.2. The van der Waals surface area contributed by atoms with Crippen LogP contribution in [0.25, 0.3) is 0 Å². The summed E-state index contributed by atoms with van der Waals surface area (Å²) < 4.78 is 0.949. The third-order valence-electron chi connectivity index (χ3n) is 2.61. The molecular formula is C12H17BrClN. The highest BCUT2D eigenvalue weighted by Crippen LogP contribution is 2.23. The zero-order valence-electron chi connectivity index (χ0n) is 9.35. The van der Waals surface area contributed by atoms with Crippen LogP contribution in [-0.2, 0) is 6.54 Å². The second-order valence-electron chi connectivity index (χ2n) is 4.16. The van der Waals surface area contributed by atoms with E-state index in [1.807, 2.05) is 12.1 Å². The van der Waals surface area contributed by atoms with Crippen LogP contribution in [0.4, 0.5) is 0 Å². The number of halogens is 2. The molecule has 0 saturated carbocycles. The molecule has 1 rings (SSSR count). The molecule has 0 saturated heterocycles. The Kier molecular flexibility index (Phi) is 5.10. The summed E-state index contributed by atoms with van der Waals surface area (Å²) in [5, 5.41) is 4.24. The van der Waals surface area contributed by atoms with Crippen molar-refractivity contribution in [1.82, 2.24) is 5.32 Å². The molecule has 0 aliphatic carbocycles. The summed E-state index contributed by atoms with van der Waals surface area (Å²) in [4.78, 5) is 0. The zero-order chi connectivity index (χ0) is 11.4. The second kappa shape index (κ2) is 5.88. The maximum absolute atomic E-state index is 6.02. The minimum absolute atomic E-state index is 0.521. The summed E-state index contributed by atoms with van der Waals surface area (Å²) in [6.07, 6.45) is 0. The molecule has 1 N–H and O–H groups in total. The Morgan fingerprint density at radius 1 is 1.33 bits per heavy atom. The topological polar surface area (TPSA) is 12.0 Å². The highest BCUT2D eigenvalue weighted by molar-refractivity contribution is 9.10. The van der Waals surface area contributed by atoms with E-state index in [2.05, 4.69) is 48.1 Å². The average Bonchev–Trinajstić information content (AvgIpc) is 2.19. The molecule has 0 aliphatic heterocycles. The Bertz CT molecular complexity index is 325. The van der Waals surface area contributed by atoms with E-state index in [0.717, 1.165) is 16.0 Å². The number of hydrogen-bond acceptors (Lipinski definition) is 1. The Balaban J connectivity index is 2.55. The first-order chi connectivity index (χ1) is 7.00. The van der Waals surface area contributed by atoms with Gasteiger partial charge in [-0.3, -0.25) is 0 Å². The van der Waals surface area contributed by atoms with E-state index in [9.17, 15) is 0 Å². The van der Waals surface area contributed by atoms with E-state index in [0.29, 0.717) is 12.0 Å². The summed E-state index contributed by atoms with van der Waals surface area (Å²) in [6.45, 7) is 7.50. The molecule has 0 amide bonds. The molecule has 3 heteroatoms. The maximum atomic E-state index is 6.02. The molecular weight excluding hydrogens is 273 g/mol. The van der Waals surface area contributed by atoms with Gasteiger partial charge in [-0.1, -0.05) is 31.5 Å². The van der Waals surface area contributed by atoms with Crippen molar-refractivity contribution < 1.29 is 0 Å². The first-order valence-corrected chi connectivity index (χ1v) is 6.35. The summed E-state index contributed by atoms with van der Waals surface area (Å²) in [5.74, 6) is 0.649. The number of rotatable bonds is 4. The van der Waals surface area contributed by atoms with Gasteiger partial charge in [0.25, 0.3) is 0 Å². The molecule has 1 atom stereocenters. The average molecular weight is 291 g/mol. The first-order valence-electron chi connectivity index (χ1n) is 5.18. The lowest BCUT2D eigenvalue weighted by atomic mass is 10.1. The van der Waals surface area contributed by atoms with Crippen LogP contribution in [-0.4, -0.2) is 6.04 Å². The van der Waals surface area contributed by atoms with E-state index in [1.54, 1.807) is 0 Å². The molecule has 0 spiro atoms. The van der Waals surface area contributed by atoms with Gasteiger partial charge in [-0.25, -0.2) is 0 Å². The highest BCUT2D eigenvalue weighted by Gasteiger charge is 2.06. The van der Waals surface area contributed by atoms with Crippen LogP contribution >= 0.6 is 27.5 Å². The number of hydrogen-bond donors (Lipinski definition) is 1. The van der Waals surface area contributed by atoms with Gasteiger partial charge in [-0.15, -0.1) is 0 Å². The number of nitrogens with one attached hydrogen (secondary N) is 1. The molecule has 0 aromatic heterocycles. The fourth-order valence-corrected chi connectivity index (χ4v) is 1.61. The van der Waals surface area contributed by atoms with E-state index < -0.39 is 0 Å². The Hall–Kier alpha value is -0.0500. The molecule has 15 heavy (non-hydrogen) atoms. The van der Waals surface area contributed by atoms with Gasteiger partial charge in [0.05, 0.1) is 5.02 Å². The molecule has 1 unspecified atom stereocenters. The number of benzene rings is 1. The summed E-state index contributed by atoms with van der Waals surface area (Å²) >= 11 is 9.40. The summed E-state index contributed by atoms with van der Waals surface area (Å²) in [5.41, 5.74) is 1.22. The molecule has 1 aromatic carbocycles. The van der Waals surface area contributed by atoms with Gasteiger partial charge in [0.15, 0.2) is 0 Å². The van der Waals surface area contributed by atoms with E-state index in [-0.39, 0.29) is 0 Å². The van der Waals surface area contributed by atoms with Gasteiger partial charge in [0.2, 0.25) is 0 Å². The Morgan fingerprint density at radius 2 is 2.00 bits per heavy atom. The highest BCUT2D eigenvalue weighted by atomic mass is 79.9. The third-order valence-corrected chi connectivity index (χ3v) is 3.84. The van der Waals surface area contributed by atoms with Crippen molar-refractivity contribution in [1.29, 1.82) is 0 Å². The Labute approximate surface area is 105 Å². The smallest absolute Gasteiger partial charge is 0.0551 e. The SMILES string of the molecule is CC(C)C(C)NCc1ccc(Br)c(Cl)c1. The second-order valence-corrected chi connectivity index (χ2v) is 5.42. The van der Waals surface area contributed by atoms with Crippen LogP contribution < -0.4 is 5.32 Å². The molecule has 84 valence electrons. The minimum Gasteiger partial charge on any atom is -0.310 e. The quantitative estimate of drug-likeness (QED) is 0.875. The minimum atomic E-state index is 0.521. The lowest BCUT2D eigenvalue weighted by Crippen LogP contribution is -2.30. The van der Waals surface area contributed by atoms with Crippen LogP contribution in [0, 0.1) is 5.92 Å². The standard InChI is InChI=1S/C12H17BrClN/c1-8(2)9(3)15-7-10-4-5-11(13)12(14)6-10/h4-6,8-9,15H,7H2,1-3H3. The predicted molar refractivity (Wildman–Crippen MR) is 70.3 cm³/mol. The fourth-order valence-electron chi connectivity index (χ4n) is 1.16. The third kappa shape index (κ3) is 4.13. The van der Waals surface area contributed by atoms with Crippen molar-refractivity contribution in [2.75, 3.05) is 0 Å². The Morgan fingerprint density at radius 3 is 2.53 bits per heavy atom. The van der Waals surface area contributed by atoms with E-state index in [4.69, 9.17) is 11.6 Å². The van der Waals surface area contributed by atoms with Crippen molar-refractivity contribution in [3.05, 3.63) is 33.3 Å². The first kappa shape index (κ1) is 13.0. The predicted octanol–water partition coefficient (Wildman–Crippen LogP) is 4.24. The van der Waals surface area contributed by atoms with Crippen molar-refractivity contribution >= 4 is 27.5 Å². The van der Waals surface area contributed by atoms with Crippen LogP contribution in [0.2, 0.25) is 5.02 Å². The van der Waals surface area contributed by atoms with Crippen LogP contribution in [0.3, 0.4) is 0 Å². The van der Waals surface area contributed by atoms with Gasteiger partial charge in [-0.05, 0) is 46.5 Å². The van der Waals surface area contributed by atoms with Gasteiger partial charge < -0.3 is 5.32 Å². The van der Waals surface area contributed by atoms with Crippen LogP contribution in [0.1, 0.15) is 26.3 Å². The molecule has 1 nitrogen and oxygen atoms in total. The fraction of sp³-hybridized carbons (Fsp3) is 0.500. The van der Waals surface area contributed by atoms with Gasteiger partial charge in [0.1, 0.15) is 0 Å². The lowest BCUT2D eigenvalue weighted by Gasteiger charge is -2.17. The summed E-state index contributed by atoms with van der Waals surface area (Å²) in [7, 11) is 0. The van der Waals surface area contributed by atoms with E-state index >= 15 is 0 Å². The van der Waals surface area contributed by atoms with Crippen LogP contribution in [0.15, 0.2) is 22.7 Å². The molecule has 0 bridgehead atoms. The molecule has 0 radical (unpaired) electrons. The van der Waals surface area contributed by atoms with Crippen molar-refractivity contribution in [3.8, 4) is 0 Å². The zero-order valence-corrected chi connectivity index (χ0v) is 11.7. The molecule has 0 aliphatic rings. The largest absolute Gasteiger partial charge is 0.310 e. The van der Waals surface area contributed by atoms with Crippen LogP contribution in [0.5, 0.6) is 0 Å². The molecule has 0 heterocycles. The summed E-state index contributed by atoms with van der Waals surface area (Å²) in [6, 6.07) is 6.58.